The van der Waals surface area contributed by atoms with Crippen molar-refractivity contribution in [2.45, 2.75) is 129 Å². The Kier molecular flexibility index (Phi) is 25.2. The molecule has 0 radical (unpaired) electrons. The number of hydrogen-bond acceptors (Lipinski definition) is 4. The standard InChI is InChI=1S/C21H44O4S.K/c1-2-3-4-5-6-7-8-9-10-11-12-13-14-15-16-17-18-19-21(22)20-26(23,24)25;/h21-22H,2-20H2,1H3,(H,23,24,25);/q;+1/p-1. The molecule has 4 nitrogen and oxygen atoms in total. The quantitative estimate of drug-likeness (QED) is 0.183. The van der Waals surface area contributed by atoms with Crippen LogP contribution in [-0.4, -0.2) is 29.9 Å². The van der Waals surface area contributed by atoms with Crippen molar-refractivity contribution in [3.63, 3.8) is 0 Å². The molecule has 0 aliphatic carbocycles. The fourth-order valence-corrected chi connectivity index (χ4v) is 4.06. The summed E-state index contributed by atoms with van der Waals surface area (Å²) in [6.07, 6.45) is 21.5. The van der Waals surface area contributed by atoms with Crippen molar-refractivity contribution in [2.75, 3.05) is 5.75 Å². The van der Waals surface area contributed by atoms with Gasteiger partial charge in [-0.2, -0.15) is 0 Å². The molecule has 0 saturated carbocycles. The molecule has 1 unspecified atom stereocenters. The van der Waals surface area contributed by atoms with Crippen molar-refractivity contribution in [1.29, 1.82) is 0 Å². The van der Waals surface area contributed by atoms with Crippen molar-refractivity contribution in [3.8, 4) is 0 Å². The minimum absolute atomic E-state index is 0. The van der Waals surface area contributed by atoms with Crippen LogP contribution in [0.5, 0.6) is 0 Å². The molecule has 1 atom stereocenters. The van der Waals surface area contributed by atoms with E-state index in [2.05, 4.69) is 6.92 Å². The van der Waals surface area contributed by atoms with Gasteiger partial charge in [0.2, 0.25) is 0 Å². The van der Waals surface area contributed by atoms with E-state index in [1.807, 2.05) is 0 Å². The SMILES string of the molecule is CCCCCCCCCCCCCCCCCCCC(O)CS(=O)(=O)[O-].[K+]. The van der Waals surface area contributed by atoms with Crippen LogP contribution in [0.15, 0.2) is 0 Å². The van der Waals surface area contributed by atoms with Gasteiger partial charge in [0.15, 0.2) is 0 Å². The molecule has 0 spiro atoms. The van der Waals surface area contributed by atoms with Crippen LogP contribution in [0, 0.1) is 0 Å². The number of unbranched alkanes of at least 4 members (excludes halogenated alkanes) is 16. The number of rotatable bonds is 20. The minimum atomic E-state index is -4.30. The summed E-state index contributed by atoms with van der Waals surface area (Å²) < 4.78 is 31.5. The summed E-state index contributed by atoms with van der Waals surface area (Å²) in [6, 6.07) is 0. The molecule has 6 heteroatoms. The predicted molar refractivity (Wildman–Crippen MR) is 109 cm³/mol. The van der Waals surface area contributed by atoms with Gasteiger partial charge >= 0.3 is 51.4 Å². The van der Waals surface area contributed by atoms with Crippen molar-refractivity contribution < 1.29 is 69.5 Å². The Morgan fingerprint density at radius 3 is 1.26 bits per heavy atom. The summed E-state index contributed by atoms with van der Waals surface area (Å²) in [5, 5.41) is 9.43. The zero-order valence-electron chi connectivity index (χ0n) is 18.1. The predicted octanol–water partition coefficient (Wildman–Crippen LogP) is 2.94. The smallest absolute Gasteiger partial charge is 0.748 e. The molecule has 0 aliphatic rings. The molecule has 0 heterocycles. The number of aliphatic hydroxyl groups is 1. The van der Waals surface area contributed by atoms with E-state index in [0.717, 1.165) is 19.3 Å². The normalized spacial score (nSPS) is 12.7. The zero-order chi connectivity index (χ0) is 19.5. The van der Waals surface area contributed by atoms with Crippen LogP contribution >= 0.6 is 0 Å². The third-order valence-corrected chi connectivity index (χ3v) is 5.83. The van der Waals surface area contributed by atoms with Crippen molar-refractivity contribution >= 4 is 10.1 Å². The first-order valence-corrected chi connectivity index (χ1v) is 12.6. The second-order valence-corrected chi connectivity index (χ2v) is 9.27. The maximum atomic E-state index is 10.5. The topological polar surface area (TPSA) is 77.4 Å². The van der Waals surface area contributed by atoms with E-state index in [4.69, 9.17) is 0 Å². The van der Waals surface area contributed by atoms with Gasteiger partial charge in [0.25, 0.3) is 0 Å². The maximum Gasteiger partial charge on any atom is 1.00 e. The van der Waals surface area contributed by atoms with Gasteiger partial charge in [-0.05, 0) is 6.42 Å². The summed E-state index contributed by atoms with van der Waals surface area (Å²) in [6.45, 7) is 2.26. The summed E-state index contributed by atoms with van der Waals surface area (Å²) in [4.78, 5) is 0. The second-order valence-electron chi connectivity index (χ2n) is 7.82. The van der Waals surface area contributed by atoms with E-state index in [1.165, 1.54) is 89.9 Å². The Morgan fingerprint density at radius 1 is 0.667 bits per heavy atom. The Morgan fingerprint density at radius 2 is 0.963 bits per heavy atom. The number of aliphatic hydroxyl groups excluding tert-OH is 1. The van der Waals surface area contributed by atoms with E-state index < -0.39 is 22.0 Å². The molecule has 1 N–H and O–H groups in total. The van der Waals surface area contributed by atoms with Gasteiger partial charge in [-0.1, -0.05) is 116 Å². The van der Waals surface area contributed by atoms with Crippen LogP contribution in [0.4, 0.5) is 0 Å². The molecule has 0 aromatic heterocycles. The van der Waals surface area contributed by atoms with Crippen molar-refractivity contribution in [2.24, 2.45) is 0 Å². The molecule has 0 aromatic rings. The van der Waals surface area contributed by atoms with Crippen LogP contribution in [0.25, 0.3) is 0 Å². The molecular formula is C21H43KO4S. The molecule has 0 bridgehead atoms. The van der Waals surface area contributed by atoms with Gasteiger partial charge in [0.1, 0.15) is 0 Å². The van der Waals surface area contributed by atoms with E-state index >= 15 is 0 Å². The zero-order valence-corrected chi connectivity index (χ0v) is 22.0. The molecule has 0 aliphatic heterocycles. The molecule has 0 amide bonds. The Balaban J connectivity index is 0. The van der Waals surface area contributed by atoms with Gasteiger partial charge in [0, 0.05) is 0 Å². The molecule has 0 fully saturated rings. The average molecular weight is 431 g/mol. The summed E-state index contributed by atoms with van der Waals surface area (Å²) >= 11 is 0. The molecular weight excluding hydrogens is 387 g/mol. The van der Waals surface area contributed by atoms with Crippen LogP contribution in [0.2, 0.25) is 0 Å². The van der Waals surface area contributed by atoms with Crippen LogP contribution in [0.3, 0.4) is 0 Å². The summed E-state index contributed by atoms with van der Waals surface area (Å²) in [5.41, 5.74) is 0. The summed E-state index contributed by atoms with van der Waals surface area (Å²) in [7, 11) is -4.30. The Labute approximate surface area is 211 Å². The van der Waals surface area contributed by atoms with Gasteiger partial charge in [0.05, 0.1) is 22.0 Å². The van der Waals surface area contributed by atoms with Gasteiger partial charge in [-0.3, -0.25) is 0 Å². The van der Waals surface area contributed by atoms with E-state index in [0.29, 0.717) is 6.42 Å². The first-order chi connectivity index (χ1) is 12.5. The van der Waals surface area contributed by atoms with Gasteiger partial charge < -0.3 is 9.66 Å². The molecule has 0 aromatic carbocycles. The maximum absolute atomic E-state index is 10.5. The Hall–Kier alpha value is 1.51. The first kappa shape index (κ1) is 30.7. The van der Waals surface area contributed by atoms with E-state index in [-0.39, 0.29) is 51.4 Å². The van der Waals surface area contributed by atoms with Crippen LogP contribution in [-0.2, 0) is 10.1 Å². The molecule has 0 rings (SSSR count). The van der Waals surface area contributed by atoms with Crippen molar-refractivity contribution in [1.82, 2.24) is 0 Å². The third kappa shape index (κ3) is 27.5. The largest absolute Gasteiger partial charge is 1.00 e. The second kappa shape index (κ2) is 22.2. The fourth-order valence-electron chi connectivity index (χ4n) is 3.42. The van der Waals surface area contributed by atoms with Crippen molar-refractivity contribution in [3.05, 3.63) is 0 Å². The molecule has 27 heavy (non-hydrogen) atoms. The number of hydrogen-bond donors (Lipinski definition) is 1. The fraction of sp³-hybridized carbons (Fsp3) is 1.00. The van der Waals surface area contributed by atoms with Gasteiger partial charge in [-0.25, -0.2) is 8.42 Å². The van der Waals surface area contributed by atoms with E-state index in [1.54, 1.807) is 0 Å². The minimum Gasteiger partial charge on any atom is -0.748 e. The molecule has 0 saturated heterocycles. The van der Waals surface area contributed by atoms with Crippen LogP contribution < -0.4 is 51.4 Å². The summed E-state index contributed by atoms with van der Waals surface area (Å²) in [5.74, 6) is -0.647. The third-order valence-electron chi connectivity index (χ3n) is 5.04. The molecule has 158 valence electrons. The average Bonchev–Trinajstić information content (AvgIpc) is 2.56. The first-order valence-electron chi connectivity index (χ1n) is 11.1. The van der Waals surface area contributed by atoms with E-state index in [9.17, 15) is 18.1 Å². The van der Waals surface area contributed by atoms with Gasteiger partial charge in [-0.15, -0.1) is 0 Å². The Bertz CT molecular complexity index is 388. The monoisotopic (exact) mass is 430 g/mol. The van der Waals surface area contributed by atoms with Crippen LogP contribution in [0.1, 0.15) is 122 Å².